The third-order valence-electron chi connectivity index (χ3n) is 5.69. The molecule has 2 atom stereocenters. The average molecular weight is 418 g/mol. The molecule has 154 valence electrons. The van der Waals surface area contributed by atoms with E-state index in [4.69, 9.17) is 16.3 Å². The second-order valence-electron chi connectivity index (χ2n) is 7.64. The first-order valence-electron chi connectivity index (χ1n) is 10.3. The average Bonchev–Trinajstić information content (AvgIpc) is 3.47. The van der Waals surface area contributed by atoms with E-state index in [9.17, 15) is 0 Å². The van der Waals surface area contributed by atoms with E-state index in [2.05, 4.69) is 35.7 Å². The van der Waals surface area contributed by atoms with Crippen LogP contribution in [0, 0.1) is 0 Å². The molecular weight excluding hydrogens is 394 g/mol. The Kier molecular flexibility index (Phi) is 5.04. The Bertz CT molecular complexity index is 997. The second kappa shape index (κ2) is 7.83. The highest BCUT2D eigenvalue weighted by Gasteiger charge is 2.32. The minimum atomic E-state index is -0.202. The molecule has 0 amide bonds. The molecule has 1 N–H and O–H groups in total. The van der Waals surface area contributed by atoms with Crippen LogP contribution in [0.25, 0.3) is 11.2 Å². The van der Waals surface area contributed by atoms with Crippen molar-refractivity contribution in [2.75, 3.05) is 5.32 Å². The van der Waals surface area contributed by atoms with Crippen LogP contribution in [-0.4, -0.2) is 45.8 Å². The van der Waals surface area contributed by atoms with Crippen molar-refractivity contribution in [2.45, 2.75) is 76.8 Å². The fraction of sp³-hybridized carbons (Fsp3) is 0.667. The Hall–Kier alpha value is -2.33. The van der Waals surface area contributed by atoms with Gasteiger partial charge in [0, 0.05) is 6.04 Å². The van der Waals surface area contributed by atoms with E-state index in [1.165, 1.54) is 19.3 Å². The van der Waals surface area contributed by atoms with Crippen LogP contribution in [-0.2, 0) is 11.3 Å². The summed E-state index contributed by atoms with van der Waals surface area (Å²) in [6, 6.07) is 0.405. The predicted octanol–water partition coefficient (Wildman–Crippen LogP) is 3.28. The van der Waals surface area contributed by atoms with Crippen LogP contribution in [0.3, 0.4) is 0 Å². The van der Waals surface area contributed by atoms with Gasteiger partial charge >= 0.3 is 0 Å². The zero-order chi connectivity index (χ0) is 19.8. The van der Waals surface area contributed by atoms with Crippen molar-refractivity contribution in [3.63, 3.8) is 0 Å². The molecule has 5 rings (SSSR count). The van der Waals surface area contributed by atoms with Gasteiger partial charge in [0.25, 0.3) is 0 Å². The van der Waals surface area contributed by atoms with Gasteiger partial charge in [0.15, 0.2) is 17.0 Å². The molecule has 3 aromatic heterocycles. The summed E-state index contributed by atoms with van der Waals surface area (Å²) in [5.74, 6) is 1.32. The van der Waals surface area contributed by atoms with Crippen LogP contribution in [0.1, 0.15) is 70.0 Å². The molecule has 0 bridgehead atoms. The number of ether oxygens (including phenoxy) is 1. The number of fused-ring (bicyclic) bond motifs is 1. The summed E-state index contributed by atoms with van der Waals surface area (Å²) in [6.07, 6.45) is 9.05. The summed E-state index contributed by atoms with van der Waals surface area (Å²) >= 11 is 6.25. The molecule has 1 saturated heterocycles. The number of aryl methyl sites for hydroxylation is 1. The Morgan fingerprint density at radius 2 is 2.03 bits per heavy atom. The minimum Gasteiger partial charge on any atom is -0.365 e. The highest BCUT2D eigenvalue weighted by Crippen LogP contribution is 2.38. The van der Waals surface area contributed by atoms with Gasteiger partial charge in [0.05, 0.1) is 12.9 Å². The summed E-state index contributed by atoms with van der Waals surface area (Å²) in [5, 5.41) is 16.2. The Morgan fingerprint density at radius 3 is 2.83 bits per heavy atom. The topological polar surface area (TPSA) is 108 Å². The number of tetrazole rings is 1. The van der Waals surface area contributed by atoms with Crippen LogP contribution in [0.15, 0.2) is 6.33 Å². The van der Waals surface area contributed by atoms with Gasteiger partial charge in [-0.1, -0.05) is 19.3 Å². The van der Waals surface area contributed by atoms with E-state index < -0.39 is 0 Å². The van der Waals surface area contributed by atoms with Gasteiger partial charge in [0.1, 0.15) is 12.3 Å². The zero-order valence-corrected chi connectivity index (χ0v) is 17.1. The molecule has 2 aliphatic rings. The smallest absolute Gasteiger partial charge is 0.226 e. The molecule has 10 nitrogen and oxygen atoms in total. The maximum atomic E-state index is 6.25. The maximum absolute atomic E-state index is 6.25. The number of nitrogens with zero attached hydrogens (tertiary/aromatic N) is 8. The normalized spacial score (nSPS) is 23.1. The third kappa shape index (κ3) is 3.66. The van der Waals surface area contributed by atoms with E-state index in [-0.39, 0.29) is 17.6 Å². The fourth-order valence-electron chi connectivity index (χ4n) is 4.17. The van der Waals surface area contributed by atoms with Crippen LogP contribution >= 0.6 is 11.6 Å². The number of rotatable bonds is 5. The first kappa shape index (κ1) is 18.7. The summed E-state index contributed by atoms with van der Waals surface area (Å²) in [5.41, 5.74) is 1.40. The molecule has 11 heteroatoms. The van der Waals surface area contributed by atoms with E-state index >= 15 is 0 Å². The van der Waals surface area contributed by atoms with Crippen molar-refractivity contribution in [3.05, 3.63) is 17.4 Å². The Balaban J connectivity index is 1.39. The molecule has 1 aliphatic heterocycles. The molecule has 29 heavy (non-hydrogen) atoms. The molecule has 0 aromatic carbocycles. The molecule has 2 fully saturated rings. The largest absolute Gasteiger partial charge is 0.365 e. The lowest BCUT2D eigenvalue weighted by molar-refractivity contribution is -0.000975. The SMILES string of the molecule is CCn1nnc([C@@H]2CC[C@H](n3cnc4c(NC5CCCCC5)nc(Cl)nc43)O2)n1. The van der Waals surface area contributed by atoms with E-state index in [1.807, 2.05) is 11.5 Å². The van der Waals surface area contributed by atoms with Gasteiger partial charge < -0.3 is 10.1 Å². The molecule has 0 spiro atoms. The predicted molar refractivity (Wildman–Crippen MR) is 106 cm³/mol. The van der Waals surface area contributed by atoms with Crippen LogP contribution in [0.4, 0.5) is 5.82 Å². The van der Waals surface area contributed by atoms with Gasteiger partial charge in [-0.15, -0.1) is 10.2 Å². The minimum absolute atomic E-state index is 0.185. The van der Waals surface area contributed by atoms with E-state index in [0.29, 0.717) is 29.9 Å². The number of hydrogen-bond donors (Lipinski definition) is 1. The third-order valence-corrected chi connectivity index (χ3v) is 5.86. The fourth-order valence-corrected chi connectivity index (χ4v) is 4.34. The second-order valence-corrected chi connectivity index (χ2v) is 7.98. The standard InChI is InChI=1S/C18H24ClN9O/c1-2-28-25-15(24-26-28)12-8-9-13(29-12)27-10-20-14-16(22-18(19)23-17(14)27)21-11-6-4-3-5-7-11/h10-13H,2-9H2,1H3,(H,21,22,23)/t12-,13+/m0/s1. The van der Waals surface area contributed by atoms with Gasteiger partial charge in [0.2, 0.25) is 11.1 Å². The van der Waals surface area contributed by atoms with Gasteiger partial charge in [-0.2, -0.15) is 14.8 Å². The lowest BCUT2D eigenvalue weighted by Crippen LogP contribution is -2.23. The van der Waals surface area contributed by atoms with Crippen molar-refractivity contribution in [2.24, 2.45) is 0 Å². The lowest BCUT2D eigenvalue weighted by Gasteiger charge is -2.23. The lowest BCUT2D eigenvalue weighted by atomic mass is 9.95. The number of nitrogens with one attached hydrogen (secondary N) is 1. The summed E-state index contributed by atoms with van der Waals surface area (Å²) < 4.78 is 8.14. The van der Waals surface area contributed by atoms with Crippen molar-refractivity contribution >= 4 is 28.6 Å². The van der Waals surface area contributed by atoms with Crippen molar-refractivity contribution < 1.29 is 4.74 Å². The number of hydrogen-bond acceptors (Lipinski definition) is 8. The summed E-state index contributed by atoms with van der Waals surface area (Å²) in [7, 11) is 0. The highest BCUT2D eigenvalue weighted by atomic mass is 35.5. The van der Waals surface area contributed by atoms with Gasteiger partial charge in [-0.25, -0.2) is 4.98 Å². The van der Waals surface area contributed by atoms with E-state index in [1.54, 1.807) is 11.1 Å². The molecule has 3 aromatic rings. The van der Waals surface area contributed by atoms with E-state index in [0.717, 1.165) is 31.2 Å². The quantitative estimate of drug-likeness (QED) is 0.630. The molecule has 4 heterocycles. The Labute approximate surface area is 173 Å². The maximum Gasteiger partial charge on any atom is 0.226 e. The van der Waals surface area contributed by atoms with Crippen LogP contribution in [0.5, 0.6) is 0 Å². The monoisotopic (exact) mass is 417 g/mol. The van der Waals surface area contributed by atoms with Crippen molar-refractivity contribution in [1.82, 2.24) is 39.7 Å². The summed E-state index contributed by atoms with van der Waals surface area (Å²) in [4.78, 5) is 15.0. The number of halogens is 1. The van der Waals surface area contributed by atoms with Crippen LogP contribution < -0.4 is 5.32 Å². The van der Waals surface area contributed by atoms with Crippen LogP contribution in [0.2, 0.25) is 5.28 Å². The highest BCUT2D eigenvalue weighted by molar-refractivity contribution is 6.28. The first-order valence-corrected chi connectivity index (χ1v) is 10.7. The molecule has 0 unspecified atom stereocenters. The number of anilines is 1. The van der Waals surface area contributed by atoms with Crippen molar-refractivity contribution in [1.29, 1.82) is 0 Å². The molecular formula is C18H24ClN9O. The molecule has 1 aliphatic carbocycles. The Morgan fingerprint density at radius 1 is 1.17 bits per heavy atom. The van der Waals surface area contributed by atoms with Gasteiger partial charge in [-0.3, -0.25) is 4.57 Å². The van der Waals surface area contributed by atoms with Gasteiger partial charge in [-0.05, 0) is 49.4 Å². The molecule has 0 radical (unpaired) electrons. The first-order chi connectivity index (χ1) is 14.2. The number of aromatic nitrogens is 8. The van der Waals surface area contributed by atoms with Crippen molar-refractivity contribution in [3.8, 4) is 0 Å². The summed E-state index contributed by atoms with van der Waals surface area (Å²) in [6.45, 7) is 2.66. The number of imidazole rings is 1. The molecule has 1 saturated carbocycles. The zero-order valence-electron chi connectivity index (χ0n) is 16.3.